The smallest absolute Gasteiger partial charge is 0.261 e. The number of hydrogen-bond acceptors (Lipinski definition) is 7. The summed E-state index contributed by atoms with van der Waals surface area (Å²) in [4.78, 5) is 23.4. The normalized spacial score (nSPS) is 16.8. The average Bonchev–Trinajstić information content (AvgIpc) is 3.84. The van der Waals surface area contributed by atoms with Crippen LogP contribution in [0.15, 0.2) is 70.3 Å². The number of aromatic nitrogens is 2. The molecule has 2 aliphatic heterocycles. The molecule has 5 heterocycles. The van der Waals surface area contributed by atoms with Crippen LogP contribution in [0.2, 0.25) is 0 Å². The van der Waals surface area contributed by atoms with Crippen LogP contribution in [-0.2, 0) is 29.4 Å². The Labute approximate surface area is 267 Å². The summed E-state index contributed by atoms with van der Waals surface area (Å²) in [5.41, 5.74) is 3.78. The summed E-state index contributed by atoms with van der Waals surface area (Å²) < 4.78 is 76.2. The largest absolute Gasteiger partial charge is 0.443 e. The SMILES string of the molecule is Cc1ncoc1-c1c(CCc2ccc(F)cc2)nc2c(c1-c1ccc(C(=O)NCc3ccc(F)c(F)c3)s1)S(=O)(=O)N1CCC[C@H]21. The fourth-order valence-electron chi connectivity index (χ4n) is 6.17. The van der Waals surface area contributed by atoms with Gasteiger partial charge < -0.3 is 9.73 Å². The van der Waals surface area contributed by atoms with Crippen molar-refractivity contribution < 1.29 is 30.8 Å². The number of nitrogens with one attached hydrogen (secondary N) is 1. The molecule has 46 heavy (non-hydrogen) atoms. The van der Waals surface area contributed by atoms with Gasteiger partial charge in [-0.15, -0.1) is 11.3 Å². The van der Waals surface area contributed by atoms with E-state index in [2.05, 4.69) is 10.3 Å². The second-order valence-corrected chi connectivity index (χ2v) is 14.2. The number of thiophene rings is 1. The van der Waals surface area contributed by atoms with Crippen molar-refractivity contribution in [3.63, 3.8) is 0 Å². The van der Waals surface area contributed by atoms with E-state index in [0.717, 1.165) is 35.5 Å². The Morgan fingerprint density at radius 1 is 1.02 bits per heavy atom. The Kier molecular flexibility index (Phi) is 7.78. The lowest BCUT2D eigenvalue weighted by atomic mass is 9.95. The van der Waals surface area contributed by atoms with Gasteiger partial charge in [-0.25, -0.2) is 26.6 Å². The summed E-state index contributed by atoms with van der Waals surface area (Å²) in [5, 5.41) is 2.72. The van der Waals surface area contributed by atoms with E-state index in [1.54, 1.807) is 31.2 Å². The maximum Gasteiger partial charge on any atom is 0.261 e. The second kappa shape index (κ2) is 11.8. The Hall–Kier alpha value is -4.33. The number of pyridine rings is 1. The third-order valence-corrected chi connectivity index (χ3v) is 11.5. The van der Waals surface area contributed by atoms with Crippen LogP contribution in [0.25, 0.3) is 21.8 Å². The second-order valence-electron chi connectivity index (χ2n) is 11.3. The van der Waals surface area contributed by atoms with Crippen molar-refractivity contribution in [2.45, 2.75) is 50.1 Å². The Morgan fingerprint density at radius 2 is 1.80 bits per heavy atom. The topological polar surface area (TPSA) is 105 Å². The minimum absolute atomic E-state index is 0.0328. The molecular formula is C33H27F3N4O4S2. The van der Waals surface area contributed by atoms with Gasteiger partial charge >= 0.3 is 0 Å². The molecule has 1 N–H and O–H groups in total. The van der Waals surface area contributed by atoms with Gasteiger partial charge in [-0.1, -0.05) is 18.2 Å². The van der Waals surface area contributed by atoms with Crippen LogP contribution in [0.1, 0.15) is 56.8 Å². The van der Waals surface area contributed by atoms with E-state index in [4.69, 9.17) is 9.40 Å². The lowest BCUT2D eigenvalue weighted by molar-refractivity contribution is 0.0955. The highest BCUT2D eigenvalue weighted by atomic mass is 32.2. The van der Waals surface area contributed by atoms with E-state index in [1.807, 2.05) is 0 Å². The van der Waals surface area contributed by atoms with Crippen LogP contribution >= 0.6 is 11.3 Å². The number of sulfonamides is 1. The predicted molar refractivity (Wildman–Crippen MR) is 165 cm³/mol. The molecule has 1 saturated heterocycles. The molecule has 1 atom stereocenters. The molecule has 236 valence electrons. The summed E-state index contributed by atoms with van der Waals surface area (Å²) in [6.45, 7) is 2.11. The van der Waals surface area contributed by atoms with Gasteiger partial charge in [-0.2, -0.15) is 4.31 Å². The summed E-state index contributed by atoms with van der Waals surface area (Å²) in [5.74, 6) is -2.41. The predicted octanol–water partition coefficient (Wildman–Crippen LogP) is 6.75. The molecule has 5 aromatic rings. The molecular weight excluding hydrogens is 638 g/mol. The third kappa shape index (κ3) is 5.31. The highest BCUT2D eigenvalue weighted by Gasteiger charge is 2.49. The summed E-state index contributed by atoms with van der Waals surface area (Å²) in [6.07, 6.45) is 3.56. The third-order valence-electron chi connectivity index (χ3n) is 8.39. The summed E-state index contributed by atoms with van der Waals surface area (Å²) in [6, 6.07) is 12.5. The Bertz CT molecular complexity index is 2090. The van der Waals surface area contributed by atoms with Crippen molar-refractivity contribution in [1.29, 1.82) is 0 Å². The van der Waals surface area contributed by atoms with Gasteiger partial charge in [0.15, 0.2) is 23.8 Å². The van der Waals surface area contributed by atoms with E-state index in [9.17, 15) is 26.4 Å². The maximum atomic E-state index is 14.1. The lowest BCUT2D eigenvalue weighted by Crippen LogP contribution is -2.23. The van der Waals surface area contributed by atoms with Gasteiger partial charge in [-0.3, -0.25) is 9.78 Å². The van der Waals surface area contributed by atoms with E-state index >= 15 is 0 Å². The van der Waals surface area contributed by atoms with E-state index in [0.29, 0.717) is 75.1 Å². The van der Waals surface area contributed by atoms with Crippen LogP contribution in [0.4, 0.5) is 13.2 Å². The van der Waals surface area contributed by atoms with E-state index in [-0.39, 0.29) is 17.3 Å². The zero-order valence-corrected chi connectivity index (χ0v) is 26.2. The molecule has 1 amide bonds. The highest BCUT2D eigenvalue weighted by molar-refractivity contribution is 7.89. The fourth-order valence-corrected chi connectivity index (χ4v) is 9.28. The molecule has 3 aromatic heterocycles. The number of carbonyl (C=O) groups is 1. The number of nitrogens with zero attached hydrogens (tertiary/aromatic N) is 3. The molecule has 0 bridgehead atoms. The molecule has 0 aliphatic carbocycles. The van der Waals surface area contributed by atoms with Crippen molar-refractivity contribution in [2.24, 2.45) is 0 Å². The van der Waals surface area contributed by atoms with Crippen LogP contribution in [0.3, 0.4) is 0 Å². The molecule has 0 unspecified atom stereocenters. The first-order valence-corrected chi connectivity index (χ1v) is 16.9. The van der Waals surface area contributed by atoms with Crippen LogP contribution in [0.5, 0.6) is 0 Å². The zero-order chi connectivity index (χ0) is 32.2. The number of amides is 1. The van der Waals surface area contributed by atoms with Gasteiger partial charge in [0.2, 0.25) is 10.0 Å². The van der Waals surface area contributed by atoms with Crippen molar-refractivity contribution in [3.8, 4) is 21.8 Å². The molecule has 0 saturated carbocycles. The minimum atomic E-state index is -3.93. The summed E-state index contributed by atoms with van der Waals surface area (Å²) in [7, 11) is -3.93. The molecule has 2 aromatic carbocycles. The number of fused-ring (bicyclic) bond motifs is 3. The zero-order valence-electron chi connectivity index (χ0n) is 24.5. The molecule has 13 heteroatoms. The highest BCUT2D eigenvalue weighted by Crippen LogP contribution is 2.53. The quantitative estimate of drug-likeness (QED) is 0.197. The molecule has 0 spiro atoms. The van der Waals surface area contributed by atoms with Crippen molar-refractivity contribution >= 4 is 27.3 Å². The van der Waals surface area contributed by atoms with Gasteiger partial charge in [0.25, 0.3) is 5.91 Å². The molecule has 1 fully saturated rings. The lowest BCUT2D eigenvalue weighted by Gasteiger charge is -2.17. The molecule has 7 rings (SSSR count). The first-order chi connectivity index (χ1) is 22.1. The van der Waals surface area contributed by atoms with Crippen LogP contribution < -0.4 is 5.32 Å². The average molecular weight is 665 g/mol. The monoisotopic (exact) mass is 664 g/mol. The number of hydrogen-bond donors (Lipinski definition) is 1. The van der Waals surface area contributed by atoms with Crippen LogP contribution in [0, 0.1) is 24.4 Å². The number of halogens is 3. The molecule has 8 nitrogen and oxygen atoms in total. The van der Waals surface area contributed by atoms with Crippen molar-refractivity contribution in [3.05, 3.63) is 112 Å². The number of rotatable bonds is 8. The van der Waals surface area contributed by atoms with Gasteiger partial charge in [0, 0.05) is 23.5 Å². The number of oxazole rings is 1. The van der Waals surface area contributed by atoms with Gasteiger partial charge in [-0.05, 0) is 80.1 Å². The number of carbonyl (C=O) groups excluding carboxylic acids is 1. The molecule has 0 radical (unpaired) electrons. The van der Waals surface area contributed by atoms with Gasteiger partial charge in [0.05, 0.1) is 33.6 Å². The number of benzene rings is 2. The van der Waals surface area contributed by atoms with Crippen molar-refractivity contribution in [2.75, 3.05) is 6.54 Å². The van der Waals surface area contributed by atoms with Crippen LogP contribution in [-0.4, -0.2) is 35.1 Å². The first-order valence-electron chi connectivity index (χ1n) is 14.7. The molecule has 2 aliphatic rings. The Morgan fingerprint density at radius 3 is 2.54 bits per heavy atom. The van der Waals surface area contributed by atoms with Gasteiger partial charge in [0.1, 0.15) is 10.7 Å². The van der Waals surface area contributed by atoms with E-state index < -0.39 is 33.6 Å². The Balaban J connectivity index is 1.34. The first kappa shape index (κ1) is 30.3. The minimum Gasteiger partial charge on any atom is -0.443 e. The van der Waals surface area contributed by atoms with E-state index in [1.165, 1.54) is 28.9 Å². The standard InChI is InChI=1S/C33H27F3N4O4S2/c1-18-31(44-17-38-18)28-24(11-7-19-4-8-21(34)9-5-19)39-30-25-3-2-14-40(25)46(42,43)32(30)29(28)26-12-13-27(45-26)33(41)37-16-20-6-10-22(35)23(36)15-20/h4-6,8-10,12-13,15,17,25H,2-3,7,11,14,16H2,1H3,(H,37,41)/t25-/m1/s1. The summed E-state index contributed by atoms with van der Waals surface area (Å²) >= 11 is 1.11. The number of aryl methyl sites for hydroxylation is 3. The fraction of sp³-hybridized carbons (Fsp3) is 0.242. The van der Waals surface area contributed by atoms with Crippen molar-refractivity contribution in [1.82, 2.24) is 19.6 Å². The maximum absolute atomic E-state index is 14.1.